The van der Waals surface area contributed by atoms with Crippen molar-refractivity contribution in [2.45, 2.75) is 71.6 Å². The Morgan fingerprint density at radius 3 is 2.06 bits per heavy atom. The maximum absolute atomic E-state index is 10.9. The van der Waals surface area contributed by atoms with Gasteiger partial charge in [-0.15, -0.1) is 0 Å². The molecule has 0 bridgehead atoms. The molecule has 0 aliphatic carbocycles. The number of hydrogen-bond acceptors (Lipinski definition) is 1. The molecular weight excluding hydrogens is 222 g/mol. The predicted octanol–water partition coefficient (Wildman–Crippen LogP) is 4.55. The maximum Gasteiger partial charge on any atom is 0.219 e. The standard InChI is InChI=1S/C16H31NO/c1-4-5-6-7-8-9-10-11-12-13-14-15-17(3)16(2)18/h13-14H,4-12,15H2,1-3H3. The molecule has 0 unspecified atom stereocenters. The summed E-state index contributed by atoms with van der Waals surface area (Å²) in [7, 11) is 1.84. The number of allylic oxidation sites excluding steroid dienone is 1. The monoisotopic (exact) mass is 253 g/mol. The first kappa shape index (κ1) is 17.2. The third kappa shape index (κ3) is 11.7. The normalized spacial score (nSPS) is 11.1. The molecule has 0 saturated carbocycles. The molecule has 0 aromatic rings. The van der Waals surface area contributed by atoms with Crippen LogP contribution in [0, 0.1) is 0 Å². The Kier molecular flexibility index (Phi) is 12.1. The number of rotatable bonds is 11. The van der Waals surface area contributed by atoms with Gasteiger partial charge in [0, 0.05) is 20.5 Å². The first-order valence-electron chi connectivity index (χ1n) is 7.55. The number of unbranched alkanes of at least 4 members (excludes halogenated alkanes) is 8. The first-order valence-corrected chi connectivity index (χ1v) is 7.55. The van der Waals surface area contributed by atoms with Crippen LogP contribution in [0.5, 0.6) is 0 Å². The number of carbonyl (C=O) groups is 1. The quantitative estimate of drug-likeness (QED) is 0.391. The summed E-state index contributed by atoms with van der Waals surface area (Å²) in [5.41, 5.74) is 0. The fourth-order valence-corrected chi connectivity index (χ4v) is 1.88. The van der Waals surface area contributed by atoms with Crippen LogP contribution in [0.15, 0.2) is 12.2 Å². The van der Waals surface area contributed by atoms with Crippen molar-refractivity contribution in [3.63, 3.8) is 0 Å². The Morgan fingerprint density at radius 1 is 0.944 bits per heavy atom. The number of hydrogen-bond donors (Lipinski definition) is 0. The molecule has 18 heavy (non-hydrogen) atoms. The van der Waals surface area contributed by atoms with Gasteiger partial charge >= 0.3 is 0 Å². The molecular formula is C16H31NO. The lowest BCUT2D eigenvalue weighted by Crippen LogP contribution is -2.23. The molecule has 0 radical (unpaired) electrons. The number of carbonyl (C=O) groups excluding carboxylic acids is 1. The summed E-state index contributed by atoms with van der Waals surface area (Å²) in [6, 6.07) is 0. The summed E-state index contributed by atoms with van der Waals surface area (Å²) in [4.78, 5) is 12.7. The molecule has 0 rings (SSSR count). The zero-order valence-electron chi connectivity index (χ0n) is 12.6. The van der Waals surface area contributed by atoms with Crippen molar-refractivity contribution in [1.29, 1.82) is 0 Å². The molecule has 2 nitrogen and oxygen atoms in total. The SMILES string of the molecule is CCCCCCCCCCC=CCN(C)C(C)=O. The van der Waals surface area contributed by atoms with Gasteiger partial charge in [-0.2, -0.15) is 0 Å². The minimum Gasteiger partial charge on any atom is -0.342 e. The summed E-state index contributed by atoms with van der Waals surface area (Å²) in [5.74, 6) is 0.131. The number of nitrogens with zero attached hydrogens (tertiary/aromatic N) is 1. The van der Waals surface area contributed by atoms with E-state index < -0.39 is 0 Å². The molecule has 0 atom stereocenters. The molecule has 0 saturated heterocycles. The predicted molar refractivity (Wildman–Crippen MR) is 79.7 cm³/mol. The van der Waals surface area contributed by atoms with Crippen molar-refractivity contribution in [3.8, 4) is 0 Å². The number of likely N-dealkylation sites (N-methyl/N-ethyl adjacent to an activating group) is 1. The van der Waals surface area contributed by atoms with E-state index in [2.05, 4.69) is 19.1 Å². The average Bonchev–Trinajstić information content (AvgIpc) is 2.35. The largest absolute Gasteiger partial charge is 0.342 e. The van der Waals surface area contributed by atoms with Gasteiger partial charge in [0.1, 0.15) is 0 Å². The minimum absolute atomic E-state index is 0.131. The highest BCUT2D eigenvalue weighted by atomic mass is 16.2. The van der Waals surface area contributed by atoms with E-state index in [9.17, 15) is 4.79 Å². The molecule has 2 heteroatoms. The molecule has 0 fully saturated rings. The van der Waals surface area contributed by atoms with Gasteiger partial charge in [0.25, 0.3) is 0 Å². The second-order valence-electron chi connectivity index (χ2n) is 5.13. The van der Waals surface area contributed by atoms with E-state index in [1.165, 1.54) is 51.4 Å². The Labute approximate surface area is 113 Å². The van der Waals surface area contributed by atoms with Crippen LogP contribution >= 0.6 is 0 Å². The van der Waals surface area contributed by atoms with Gasteiger partial charge in [-0.1, -0.05) is 64.0 Å². The van der Waals surface area contributed by atoms with Gasteiger partial charge in [-0.3, -0.25) is 4.79 Å². The van der Waals surface area contributed by atoms with Crippen LogP contribution in [0.3, 0.4) is 0 Å². The van der Waals surface area contributed by atoms with E-state index in [1.54, 1.807) is 11.8 Å². The van der Waals surface area contributed by atoms with Crippen molar-refractivity contribution in [2.75, 3.05) is 13.6 Å². The summed E-state index contributed by atoms with van der Waals surface area (Å²) >= 11 is 0. The Morgan fingerprint density at radius 2 is 1.50 bits per heavy atom. The van der Waals surface area contributed by atoms with Crippen molar-refractivity contribution in [3.05, 3.63) is 12.2 Å². The molecule has 0 N–H and O–H groups in total. The summed E-state index contributed by atoms with van der Waals surface area (Å²) < 4.78 is 0. The molecule has 0 aliphatic heterocycles. The zero-order chi connectivity index (χ0) is 13.6. The highest BCUT2D eigenvalue weighted by Gasteiger charge is 1.96. The lowest BCUT2D eigenvalue weighted by Gasteiger charge is -2.10. The summed E-state index contributed by atoms with van der Waals surface area (Å²) in [6.45, 7) is 4.61. The first-order chi connectivity index (χ1) is 8.68. The molecule has 0 aromatic carbocycles. The van der Waals surface area contributed by atoms with Gasteiger partial charge in [0.15, 0.2) is 0 Å². The van der Waals surface area contributed by atoms with Crippen LogP contribution in [0.4, 0.5) is 0 Å². The van der Waals surface area contributed by atoms with E-state index >= 15 is 0 Å². The molecule has 1 amide bonds. The highest BCUT2D eigenvalue weighted by molar-refractivity contribution is 5.72. The number of amides is 1. The van der Waals surface area contributed by atoms with Crippen LogP contribution < -0.4 is 0 Å². The third-order valence-corrected chi connectivity index (χ3v) is 3.31. The van der Waals surface area contributed by atoms with Gasteiger partial charge in [-0.05, 0) is 12.8 Å². The Hall–Kier alpha value is -0.790. The molecule has 0 heterocycles. The van der Waals surface area contributed by atoms with Crippen molar-refractivity contribution >= 4 is 5.91 Å². The lowest BCUT2D eigenvalue weighted by molar-refractivity contribution is -0.127. The topological polar surface area (TPSA) is 20.3 Å². The summed E-state index contributed by atoms with van der Waals surface area (Å²) in [6.07, 6.45) is 16.4. The van der Waals surface area contributed by atoms with Gasteiger partial charge in [-0.25, -0.2) is 0 Å². The second kappa shape index (κ2) is 12.7. The highest BCUT2D eigenvalue weighted by Crippen LogP contribution is 2.09. The van der Waals surface area contributed by atoms with E-state index in [1.807, 2.05) is 7.05 Å². The van der Waals surface area contributed by atoms with E-state index in [0.717, 1.165) is 13.0 Å². The summed E-state index contributed by atoms with van der Waals surface area (Å²) in [5, 5.41) is 0. The van der Waals surface area contributed by atoms with Crippen molar-refractivity contribution in [2.24, 2.45) is 0 Å². The van der Waals surface area contributed by atoms with Gasteiger partial charge in [0.2, 0.25) is 5.91 Å². The van der Waals surface area contributed by atoms with E-state index in [4.69, 9.17) is 0 Å². The third-order valence-electron chi connectivity index (χ3n) is 3.31. The van der Waals surface area contributed by atoms with Gasteiger partial charge in [0.05, 0.1) is 0 Å². The second-order valence-corrected chi connectivity index (χ2v) is 5.13. The molecule has 106 valence electrons. The van der Waals surface area contributed by atoms with E-state index in [-0.39, 0.29) is 5.91 Å². The van der Waals surface area contributed by atoms with Gasteiger partial charge < -0.3 is 4.90 Å². The van der Waals surface area contributed by atoms with Crippen LogP contribution in [-0.2, 0) is 4.79 Å². The Bertz CT molecular complexity index is 223. The zero-order valence-corrected chi connectivity index (χ0v) is 12.6. The minimum atomic E-state index is 0.131. The van der Waals surface area contributed by atoms with Crippen LogP contribution in [0.1, 0.15) is 71.6 Å². The maximum atomic E-state index is 10.9. The molecule has 0 spiro atoms. The molecule has 0 aliphatic rings. The van der Waals surface area contributed by atoms with E-state index in [0.29, 0.717) is 0 Å². The smallest absolute Gasteiger partial charge is 0.219 e. The van der Waals surface area contributed by atoms with Crippen LogP contribution in [0.25, 0.3) is 0 Å². The average molecular weight is 253 g/mol. The molecule has 0 aromatic heterocycles. The van der Waals surface area contributed by atoms with Crippen LogP contribution in [-0.4, -0.2) is 24.4 Å². The van der Waals surface area contributed by atoms with Crippen LogP contribution in [0.2, 0.25) is 0 Å². The Balaban J connectivity index is 3.20. The van der Waals surface area contributed by atoms with Crippen molar-refractivity contribution < 1.29 is 4.79 Å². The fourth-order valence-electron chi connectivity index (χ4n) is 1.88. The van der Waals surface area contributed by atoms with Crippen molar-refractivity contribution in [1.82, 2.24) is 4.90 Å². The fraction of sp³-hybridized carbons (Fsp3) is 0.812. The lowest BCUT2D eigenvalue weighted by atomic mass is 10.1.